The molecule has 0 heterocycles. The zero-order valence-corrected chi connectivity index (χ0v) is 13.4. The fraction of sp³-hybridized carbons (Fsp3) is 0.875. The Labute approximate surface area is 121 Å². The van der Waals surface area contributed by atoms with Gasteiger partial charge in [-0.2, -0.15) is 0 Å². The van der Waals surface area contributed by atoms with E-state index in [1.807, 2.05) is 27.7 Å². The molecule has 1 aliphatic rings. The lowest BCUT2D eigenvalue weighted by atomic mass is 9.51. The number of carbonyl (C=O) groups is 2. The third-order valence-corrected chi connectivity index (χ3v) is 5.62. The number of hydrogen-bond acceptors (Lipinski definition) is 3. The summed E-state index contributed by atoms with van der Waals surface area (Å²) in [4.78, 5) is 23.8. The Morgan fingerprint density at radius 2 is 1.90 bits per heavy atom. The molecule has 3 unspecified atom stereocenters. The molecule has 4 heteroatoms. The number of unbranched alkanes of at least 4 members (excludes halogenated alkanes) is 1. The average Bonchev–Trinajstić information content (AvgIpc) is 2.36. The predicted octanol–water partition coefficient (Wildman–Crippen LogP) is 3.49. The van der Waals surface area contributed by atoms with Gasteiger partial charge in [-0.3, -0.25) is 9.59 Å². The maximum absolute atomic E-state index is 12.5. The largest absolute Gasteiger partial charge is 0.481 e. The molecule has 1 rings (SSSR count). The van der Waals surface area contributed by atoms with Gasteiger partial charge in [0.1, 0.15) is 0 Å². The van der Waals surface area contributed by atoms with Gasteiger partial charge in [-0.15, -0.1) is 0 Å². The number of ether oxygens (including phenoxy) is 1. The zero-order chi connectivity index (χ0) is 15.6. The van der Waals surface area contributed by atoms with Crippen molar-refractivity contribution >= 4 is 11.9 Å². The first-order chi connectivity index (χ1) is 9.18. The standard InChI is InChI=1S/C16H28O4/c1-6-7-10-20-14(19)16(5)9-8-12(13(17)18)11(2)15(16,3)4/h11-12H,6-10H2,1-5H3,(H,17,18). The van der Waals surface area contributed by atoms with E-state index in [9.17, 15) is 14.7 Å². The lowest BCUT2D eigenvalue weighted by Gasteiger charge is -2.52. The number of aliphatic carboxylic acids is 1. The van der Waals surface area contributed by atoms with Crippen LogP contribution in [0.15, 0.2) is 0 Å². The summed E-state index contributed by atoms with van der Waals surface area (Å²) in [5.41, 5.74) is -0.996. The van der Waals surface area contributed by atoms with E-state index < -0.39 is 16.8 Å². The van der Waals surface area contributed by atoms with Gasteiger partial charge in [-0.1, -0.05) is 34.1 Å². The van der Waals surface area contributed by atoms with Crippen LogP contribution in [0.3, 0.4) is 0 Å². The van der Waals surface area contributed by atoms with Crippen LogP contribution in [0, 0.1) is 22.7 Å². The Hall–Kier alpha value is -1.06. The SMILES string of the molecule is CCCCOC(=O)C1(C)CCC(C(=O)O)C(C)C1(C)C. The molecule has 0 spiro atoms. The number of esters is 1. The van der Waals surface area contributed by atoms with E-state index in [0.717, 1.165) is 12.8 Å². The average molecular weight is 284 g/mol. The van der Waals surface area contributed by atoms with Crippen LogP contribution in [0.1, 0.15) is 60.3 Å². The molecule has 116 valence electrons. The number of hydrogen-bond donors (Lipinski definition) is 1. The Morgan fingerprint density at radius 3 is 2.40 bits per heavy atom. The van der Waals surface area contributed by atoms with Crippen LogP contribution in [-0.2, 0) is 14.3 Å². The van der Waals surface area contributed by atoms with Gasteiger partial charge in [0.2, 0.25) is 0 Å². The number of rotatable bonds is 5. The van der Waals surface area contributed by atoms with Crippen LogP contribution in [-0.4, -0.2) is 23.7 Å². The first kappa shape index (κ1) is 17.0. The van der Waals surface area contributed by atoms with E-state index in [1.54, 1.807) is 0 Å². The molecule has 0 aromatic carbocycles. The second-order valence-corrected chi connectivity index (χ2v) is 6.82. The van der Waals surface area contributed by atoms with Gasteiger partial charge >= 0.3 is 11.9 Å². The topological polar surface area (TPSA) is 63.6 Å². The normalized spacial score (nSPS) is 32.6. The summed E-state index contributed by atoms with van der Waals surface area (Å²) < 4.78 is 5.42. The van der Waals surface area contributed by atoms with Crippen molar-refractivity contribution in [3.8, 4) is 0 Å². The van der Waals surface area contributed by atoms with Crippen molar-refractivity contribution in [3.63, 3.8) is 0 Å². The molecule has 0 aromatic rings. The lowest BCUT2D eigenvalue weighted by molar-refractivity contribution is -0.177. The summed E-state index contributed by atoms with van der Waals surface area (Å²) >= 11 is 0. The van der Waals surface area contributed by atoms with E-state index in [2.05, 4.69) is 6.92 Å². The molecule has 1 saturated carbocycles. The van der Waals surface area contributed by atoms with Gasteiger partial charge in [-0.05, 0) is 37.5 Å². The third kappa shape index (κ3) is 2.84. The molecule has 1 aliphatic carbocycles. The Morgan fingerprint density at radius 1 is 1.30 bits per heavy atom. The molecule has 20 heavy (non-hydrogen) atoms. The minimum Gasteiger partial charge on any atom is -0.481 e. The predicted molar refractivity (Wildman–Crippen MR) is 77.3 cm³/mol. The number of carboxylic acids is 1. The number of carbonyl (C=O) groups excluding carboxylic acids is 1. The van der Waals surface area contributed by atoms with Gasteiger partial charge in [0.25, 0.3) is 0 Å². The van der Waals surface area contributed by atoms with Gasteiger partial charge in [0.05, 0.1) is 17.9 Å². The highest BCUT2D eigenvalue weighted by Crippen LogP contribution is 2.55. The van der Waals surface area contributed by atoms with Gasteiger partial charge in [-0.25, -0.2) is 0 Å². The molecule has 0 amide bonds. The molecule has 0 radical (unpaired) electrons. The summed E-state index contributed by atoms with van der Waals surface area (Å²) in [5, 5.41) is 9.31. The molecule has 0 aliphatic heterocycles. The summed E-state index contributed by atoms with van der Waals surface area (Å²) in [7, 11) is 0. The minimum absolute atomic E-state index is 0.0579. The van der Waals surface area contributed by atoms with Crippen molar-refractivity contribution in [1.82, 2.24) is 0 Å². The number of carboxylic acid groups (broad SMARTS) is 1. The summed E-state index contributed by atoms with van der Waals surface area (Å²) in [6.07, 6.45) is 2.98. The molecule has 3 atom stereocenters. The molecular weight excluding hydrogens is 256 g/mol. The van der Waals surface area contributed by atoms with E-state index in [-0.39, 0.29) is 17.8 Å². The van der Waals surface area contributed by atoms with Crippen molar-refractivity contribution < 1.29 is 19.4 Å². The van der Waals surface area contributed by atoms with Crippen molar-refractivity contribution in [2.45, 2.75) is 60.3 Å². The molecule has 0 saturated heterocycles. The van der Waals surface area contributed by atoms with E-state index in [4.69, 9.17) is 4.74 Å². The van der Waals surface area contributed by atoms with E-state index >= 15 is 0 Å². The van der Waals surface area contributed by atoms with Crippen LogP contribution < -0.4 is 0 Å². The van der Waals surface area contributed by atoms with Crippen LogP contribution in [0.2, 0.25) is 0 Å². The minimum atomic E-state index is -0.757. The van der Waals surface area contributed by atoms with Crippen LogP contribution >= 0.6 is 0 Å². The van der Waals surface area contributed by atoms with Crippen molar-refractivity contribution in [2.75, 3.05) is 6.61 Å². The molecule has 1 fully saturated rings. The van der Waals surface area contributed by atoms with Crippen molar-refractivity contribution in [3.05, 3.63) is 0 Å². The molecule has 1 N–H and O–H groups in total. The summed E-state index contributed by atoms with van der Waals surface area (Å²) in [5.74, 6) is -1.36. The first-order valence-electron chi connectivity index (χ1n) is 7.58. The monoisotopic (exact) mass is 284 g/mol. The second kappa shape index (κ2) is 6.15. The molecule has 0 aromatic heterocycles. The quantitative estimate of drug-likeness (QED) is 0.620. The molecule has 4 nitrogen and oxygen atoms in total. The van der Waals surface area contributed by atoms with Crippen LogP contribution in [0.5, 0.6) is 0 Å². The third-order valence-electron chi connectivity index (χ3n) is 5.62. The molecule has 0 bridgehead atoms. The second-order valence-electron chi connectivity index (χ2n) is 6.82. The zero-order valence-electron chi connectivity index (χ0n) is 13.4. The van der Waals surface area contributed by atoms with E-state index in [0.29, 0.717) is 19.4 Å². The lowest BCUT2D eigenvalue weighted by Crippen LogP contribution is -2.53. The highest BCUT2D eigenvalue weighted by Gasteiger charge is 2.56. The maximum atomic E-state index is 12.5. The highest BCUT2D eigenvalue weighted by atomic mass is 16.5. The molecular formula is C16H28O4. The van der Waals surface area contributed by atoms with Gasteiger partial charge < -0.3 is 9.84 Å². The van der Waals surface area contributed by atoms with Crippen LogP contribution in [0.25, 0.3) is 0 Å². The van der Waals surface area contributed by atoms with Gasteiger partial charge in [0.15, 0.2) is 0 Å². The first-order valence-corrected chi connectivity index (χ1v) is 7.58. The summed E-state index contributed by atoms with van der Waals surface area (Å²) in [6.45, 7) is 10.4. The Bertz CT molecular complexity index is 375. The fourth-order valence-corrected chi connectivity index (χ4v) is 3.19. The summed E-state index contributed by atoms with van der Waals surface area (Å²) in [6, 6.07) is 0. The fourth-order valence-electron chi connectivity index (χ4n) is 3.19. The maximum Gasteiger partial charge on any atom is 0.312 e. The Kier molecular flexibility index (Phi) is 5.22. The van der Waals surface area contributed by atoms with Crippen molar-refractivity contribution in [1.29, 1.82) is 0 Å². The Balaban J connectivity index is 2.89. The van der Waals surface area contributed by atoms with Crippen molar-refractivity contribution in [2.24, 2.45) is 22.7 Å². The highest BCUT2D eigenvalue weighted by molar-refractivity contribution is 5.79. The van der Waals surface area contributed by atoms with E-state index in [1.165, 1.54) is 0 Å². The smallest absolute Gasteiger partial charge is 0.312 e. The van der Waals surface area contributed by atoms with Crippen LogP contribution in [0.4, 0.5) is 0 Å². The van der Waals surface area contributed by atoms with Gasteiger partial charge in [0, 0.05) is 0 Å².